The standard InChI is InChI=1S/C18H20F2N2/c19-15-11-14(12-16(20)13-15)7-10-22-9-4-2-6-18(22)17-5-1-3-8-21-17/h1,3,5,8,11-13,18H,2,4,6-7,9-10H2. The Kier molecular flexibility index (Phi) is 4.78. The first-order valence-corrected chi connectivity index (χ1v) is 7.82. The van der Waals surface area contributed by atoms with E-state index in [1.165, 1.54) is 25.0 Å². The van der Waals surface area contributed by atoms with Gasteiger partial charge in [-0.3, -0.25) is 9.88 Å². The normalized spacial score (nSPS) is 19.3. The van der Waals surface area contributed by atoms with Crippen LogP contribution in [0.15, 0.2) is 42.6 Å². The largest absolute Gasteiger partial charge is 0.294 e. The molecule has 22 heavy (non-hydrogen) atoms. The van der Waals surface area contributed by atoms with Crippen molar-refractivity contribution in [2.24, 2.45) is 0 Å². The molecule has 0 radical (unpaired) electrons. The Balaban J connectivity index is 1.69. The molecule has 0 amide bonds. The molecule has 0 aliphatic carbocycles. The highest BCUT2D eigenvalue weighted by atomic mass is 19.1. The molecule has 0 spiro atoms. The topological polar surface area (TPSA) is 16.1 Å². The van der Waals surface area contributed by atoms with Gasteiger partial charge in [-0.2, -0.15) is 0 Å². The lowest BCUT2D eigenvalue weighted by Crippen LogP contribution is -2.35. The van der Waals surface area contributed by atoms with E-state index in [1.54, 1.807) is 0 Å². The molecular weight excluding hydrogens is 282 g/mol. The first-order valence-electron chi connectivity index (χ1n) is 7.82. The average Bonchev–Trinajstić information content (AvgIpc) is 2.53. The van der Waals surface area contributed by atoms with E-state index >= 15 is 0 Å². The molecule has 116 valence electrons. The van der Waals surface area contributed by atoms with Crippen LogP contribution in [0.3, 0.4) is 0 Å². The predicted octanol–water partition coefficient (Wildman–Crippen LogP) is 4.13. The van der Waals surface area contributed by atoms with Crippen LogP contribution < -0.4 is 0 Å². The maximum atomic E-state index is 13.3. The Morgan fingerprint density at radius 2 is 1.91 bits per heavy atom. The van der Waals surface area contributed by atoms with Crippen molar-refractivity contribution >= 4 is 0 Å². The van der Waals surface area contributed by atoms with Crippen molar-refractivity contribution in [1.82, 2.24) is 9.88 Å². The van der Waals surface area contributed by atoms with Crippen LogP contribution in [0.2, 0.25) is 0 Å². The smallest absolute Gasteiger partial charge is 0.126 e. The summed E-state index contributed by atoms with van der Waals surface area (Å²) >= 11 is 0. The molecule has 1 aliphatic rings. The number of hydrogen-bond donors (Lipinski definition) is 0. The van der Waals surface area contributed by atoms with Crippen LogP contribution in [-0.2, 0) is 6.42 Å². The van der Waals surface area contributed by atoms with Crippen LogP contribution in [0, 0.1) is 11.6 Å². The van der Waals surface area contributed by atoms with Crippen molar-refractivity contribution < 1.29 is 8.78 Å². The Bertz CT molecular complexity index is 595. The van der Waals surface area contributed by atoms with Gasteiger partial charge in [0.25, 0.3) is 0 Å². The molecule has 1 saturated heterocycles. The molecular formula is C18H20F2N2. The number of rotatable bonds is 4. The summed E-state index contributed by atoms with van der Waals surface area (Å²) in [6.45, 7) is 1.81. The van der Waals surface area contributed by atoms with Crippen molar-refractivity contribution in [3.05, 3.63) is 65.5 Å². The molecule has 4 heteroatoms. The van der Waals surface area contributed by atoms with Gasteiger partial charge in [0.2, 0.25) is 0 Å². The SMILES string of the molecule is Fc1cc(F)cc(CCN2CCCCC2c2ccccn2)c1. The molecule has 3 rings (SSSR count). The van der Waals surface area contributed by atoms with Crippen LogP contribution in [-0.4, -0.2) is 23.0 Å². The van der Waals surface area contributed by atoms with Crippen LogP contribution >= 0.6 is 0 Å². The van der Waals surface area contributed by atoms with Gasteiger partial charge in [-0.15, -0.1) is 0 Å². The zero-order valence-corrected chi connectivity index (χ0v) is 12.5. The van der Waals surface area contributed by atoms with Crippen molar-refractivity contribution in [3.8, 4) is 0 Å². The summed E-state index contributed by atoms with van der Waals surface area (Å²) < 4.78 is 26.5. The van der Waals surface area contributed by atoms with Gasteiger partial charge in [0.1, 0.15) is 11.6 Å². The minimum absolute atomic E-state index is 0.313. The first-order chi connectivity index (χ1) is 10.7. The summed E-state index contributed by atoms with van der Waals surface area (Å²) in [7, 11) is 0. The van der Waals surface area contributed by atoms with Crippen molar-refractivity contribution in [3.63, 3.8) is 0 Å². The molecule has 0 saturated carbocycles. The second-order valence-electron chi connectivity index (χ2n) is 5.83. The Morgan fingerprint density at radius 3 is 2.64 bits per heavy atom. The minimum atomic E-state index is -0.505. The Morgan fingerprint density at radius 1 is 1.09 bits per heavy atom. The predicted molar refractivity (Wildman–Crippen MR) is 82.5 cm³/mol. The number of likely N-dealkylation sites (tertiary alicyclic amines) is 1. The fourth-order valence-corrected chi connectivity index (χ4v) is 3.19. The fourth-order valence-electron chi connectivity index (χ4n) is 3.19. The number of benzene rings is 1. The quantitative estimate of drug-likeness (QED) is 0.844. The average molecular weight is 302 g/mol. The van der Waals surface area contributed by atoms with Gasteiger partial charge >= 0.3 is 0 Å². The molecule has 0 N–H and O–H groups in total. The van der Waals surface area contributed by atoms with Crippen molar-refractivity contribution in [1.29, 1.82) is 0 Å². The number of halogens is 2. The fraction of sp³-hybridized carbons (Fsp3) is 0.389. The second kappa shape index (κ2) is 6.97. The highest BCUT2D eigenvalue weighted by molar-refractivity contribution is 5.18. The van der Waals surface area contributed by atoms with Crippen LogP contribution in [0.1, 0.15) is 36.6 Å². The number of nitrogens with zero attached hydrogens (tertiary/aromatic N) is 2. The van der Waals surface area contributed by atoms with Crippen LogP contribution in [0.25, 0.3) is 0 Å². The van der Waals surface area contributed by atoms with E-state index in [0.717, 1.165) is 31.3 Å². The molecule has 2 heterocycles. The van der Waals surface area contributed by atoms with E-state index in [1.807, 2.05) is 18.3 Å². The molecule has 2 nitrogen and oxygen atoms in total. The lowest BCUT2D eigenvalue weighted by Gasteiger charge is -2.35. The van der Waals surface area contributed by atoms with Gasteiger partial charge in [-0.05, 0) is 55.6 Å². The van der Waals surface area contributed by atoms with Gasteiger partial charge in [0, 0.05) is 18.8 Å². The molecule has 1 atom stereocenters. The van der Waals surface area contributed by atoms with Crippen LogP contribution in [0.5, 0.6) is 0 Å². The number of aromatic nitrogens is 1. The summed E-state index contributed by atoms with van der Waals surface area (Å²) in [6, 6.07) is 10.1. The van der Waals surface area contributed by atoms with E-state index < -0.39 is 11.6 Å². The lowest BCUT2D eigenvalue weighted by molar-refractivity contribution is 0.147. The third-order valence-electron chi connectivity index (χ3n) is 4.25. The monoisotopic (exact) mass is 302 g/mol. The number of pyridine rings is 1. The second-order valence-corrected chi connectivity index (χ2v) is 5.83. The molecule has 0 bridgehead atoms. The van der Waals surface area contributed by atoms with E-state index in [0.29, 0.717) is 18.0 Å². The summed E-state index contributed by atoms with van der Waals surface area (Å²) in [4.78, 5) is 6.86. The Labute approximate surface area is 129 Å². The van der Waals surface area contributed by atoms with E-state index in [2.05, 4.69) is 16.0 Å². The highest BCUT2D eigenvalue weighted by Crippen LogP contribution is 2.29. The molecule has 1 aliphatic heterocycles. The van der Waals surface area contributed by atoms with E-state index in [9.17, 15) is 8.78 Å². The summed E-state index contributed by atoms with van der Waals surface area (Å²) in [5.74, 6) is -1.01. The van der Waals surface area contributed by atoms with Crippen LogP contribution in [0.4, 0.5) is 8.78 Å². The molecule has 2 aromatic rings. The van der Waals surface area contributed by atoms with E-state index in [-0.39, 0.29) is 0 Å². The first kappa shape index (κ1) is 15.1. The zero-order chi connectivity index (χ0) is 15.4. The zero-order valence-electron chi connectivity index (χ0n) is 12.5. The summed E-state index contributed by atoms with van der Waals surface area (Å²) in [5, 5.41) is 0. The maximum absolute atomic E-state index is 13.3. The minimum Gasteiger partial charge on any atom is -0.294 e. The molecule has 1 aromatic carbocycles. The van der Waals surface area contributed by atoms with E-state index in [4.69, 9.17) is 0 Å². The molecule has 1 unspecified atom stereocenters. The maximum Gasteiger partial charge on any atom is 0.126 e. The molecule has 1 aromatic heterocycles. The van der Waals surface area contributed by atoms with Gasteiger partial charge in [0.15, 0.2) is 0 Å². The summed E-state index contributed by atoms with van der Waals surface area (Å²) in [6.07, 6.45) is 5.93. The Hall–Kier alpha value is -1.81. The number of hydrogen-bond acceptors (Lipinski definition) is 2. The van der Waals surface area contributed by atoms with Gasteiger partial charge in [-0.1, -0.05) is 12.5 Å². The van der Waals surface area contributed by atoms with Gasteiger partial charge in [0.05, 0.1) is 11.7 Å². The van der Waals surface area contributed by atoms with Gasteiger partial charge in [-0.25, -0.2) is 8.78 Å². The summed E-state index contributed by atoms with van der Waals surface area (Å²) in [5.41, 5.74) is 1.80. The lowest BCUT2D eigenvalue weighted by atomic mass is 9.98. The highest BCUT2D eigenvalue weighted by Gasteiger charge is 2.24. The van der Waals surface area contributed by atoms with Crippen molar-refractivity contribution in [2.75, 3.05) is 13.1 Å². The number of piperidine rings is 1. The van der Waals surface area contributed by atoms with Gasteiger partial charge < -0.3 is 0 Å². The van der Waals surface area contributed by atoms with Crippen molar-refractivity contribution in [2.45, 2.75) is 31.7 Å². The molecule has 1 fully saturated rings. The third-order valence-corrected chi connectivity index (χ3v) is 4.25. The third kappa shape index (κ3) is 3.69.